The zero-order valence-electron chi connectivity index (χ0n) is 13.6. The molecule has 2 aliphatic rings. The van der Waals surface area contributed by atoms with Crippen LogP contribution in [0.5, 0.6) is 0 Å². The van der Waals surface area contributed by atoms with Crippen LogP contribution in [0.3, 0.4) is 0 Å². The Hall–Kier alpha value is -1.87. The Balaban J connectivity index is 1.60. The second kappa shape index (κ2) is 5.59. The molecule has 3 nitrogen and oxygen atoms in total. The summed E-state index contributed by atoms with van der Waals surface area (Å²) < 4.78 is 0. The molecule has 0 spiro atoms. The predicted molar refractivity (Wildman–Crippen MR) is 99.7 cm³/mol. The third-order valence-corrected chi connectivity index (χ3v) is 5.98. The molecule has 1 aliphatic heterocycles. The van der Waals surface area contributed by atoms with Gasteiger partial charge in [-0.15, -0.1) is 0 Å². The molecule has 2 fully saturated rings. The van der Waals surface area contributed by atoms with Gasteiger partial charge in [-0.05, 0) is 48.9 Å². The minimum Gasteiger partial charge on any atom is -0.356 e. The van der Waals surface area contributed by atoms with Gasteiger partial charge < -0.3 is 4.90 Å². The monoisotopic (exact) mass is 337 g/mol. The maximum absolute atomic E-state index is 6.12. The summed E-state index contributed by atoms with van der Waals surface area (Å²) >= 11 is 6.12. The Bertz CT molecular complexity index is 909. The highest BCUT2D eigenvalue weighted by Crippen LogP contribution is 2.38. The lowest BCUT2D eigenvalue weighted by molar-refractivity contribution is 0.299. The average molecular weight is 338 g/mol. The Morgan fingerprint density at radius 2 is 1.38 bits per heavy atom. The van der Waals surface area contributed by atoms with Crippen LogP contribution in [0.2, 0.25) is 5.15 Å². The van der Waals surface area contributed by atoms with E-state index in [0.29, 0.717) is 5.15 Å². The molecule has 2 atom stereocenters. The molecule has 5 rings (SSSR count). The molecule has 0 radical (unpaired) electrons. The Labute approximate surface area is 146 Å². The van der Waals surface area contributed by atoms with Gasteiger partial charge in [0.1, 0.15) is 11.0 Å². The van der Waals surface area contributed by atoms with Crippen LogP contribution in [-0.2, 0) is 0 Å². The van der Waals surface area contributed by atoms with E-state index in [1.807, 2.05) is 12.1 Å². The molecule has 3 aromatic rings. The quantitative estimate of drug-likeness (QED) is 0.459. The van der Waals surface area contributed by atoms with Gasteiger partial charge in [-0.1, -0.05) is 36.6 Å². The first-order valence-corrected chi connectivity index (χ1v) is 9.27. The van der Waals surface area contributed by atoms with E-state index in [-0.39, 0.29) is 0 Å². The molecule has 4 heteroatoms. The number of rotatable bonds is 1. The van der Waals surface area contributed by atoms with Crippen molar-refractivity contribution in [3.05, 3.63) is 41.6 Å². The molecule has 1 saturated carbocycles. The van der Waals surface area contributed by atoms with Gasteiger partial charge in [-0.2, -0.15) is 0 Å². The highest BCUT2D eigenvalue weighted by molar-refractivity contribution is 6.30. The normalized spacial score (nSPS) is 23.8. The number of pyridine rings is 2. The number of aromatic nitrogens is 2. The molecule has 122 valence electrons. The standard InChI is InChI=1S/C20H20ClN3/c21-17-9-7-13-5-6-14-8-10-18(23-20(14)19(13)22-17)24-11-15-3-1-2-4-16(15)12-24/h5-10,15-16H,1-4,11-12H2. The van der Waals surface area contributed by atoms with Crippen LogP contribution < -0.4 is 4.90 Å². The second-order valence-electron chi connectivity index (χ2n) is 7.22. The van der Waals surface area contributed by atoms with Gasteiger partial charge in [-0.25, -0.2) is 9.97 Å². The molecule has 0 amide bonds. The molecule has 24 heavy (non-hydrogen) atoms. The summed E-state index contributed by atoms with van der Waals surface area (Å²) in [6, 6.07) is 12.4. The number of hydrogen-bond acceptors (Lipinski definition) is 3. The van der Waals surface area contributed by atoms with Gasteiger partial charge >= 0.3 is 0 Å². The number of hydrogen-bond donors (Lipinski definition) is 0. The van der Waals surface area contributed by atoms with E-state index >= 15 is 0 Å². The molecular formula is C20H20ClN3. The average Bonchev–Trinajstić information content (AvgIpc) is 3.05. The summed E-state index contributed by atoms with van der Waals surface area (Å²) in [5.41, 5.74) is 1.86. The van der Waals surface area contributed by atoms with Crippen molar-refractivity contribution in [1.82, 2.24) is 9.97 Å². The van der Waals surface area contributed by atoms with Crippen LogP contribution in [0.4, 0.5) is 5.82 Å². The molecule has 1 aliphatic carbocycles. The van der Waals surface area contributed by atoms with Gasteiger partial charge in [0.2, 0.25) is 0 Å². The van der Waals surface area contributed by atoms with Crippen molar-refractivity contribution in [2.24, 2.45) is 11.8 Å². The van der Waals surface area contributed by atoms with E-state index in [4.69, 9.17) is 16.6 Å². The summed E-state index contributed by atoms with van der Waals surface area (Å²) in [4.78, 5) is 12.0. The number of fused-ring (bicyclic) bond motifs is 4. The van der Waals surface area contributed by atoms with Crippen molar-refractivity contribution in [3.63, 3.8) is 0 Å². The number of anilines is 1. The van der Waals surface area contributed by atoms with Crippen molar-refractivity contribution in [2.45, 2.75) is 25.7 Å². The fraction of sp³-hybridized carbons (Fsp3) is 0.400. The maximum Gasteiger partial charge on any atom is 0.129 e. The van der Waals surface area contributed by atoms with Crippen LogP contribution >= 0.6 is 11.6 Å². The smallest absolute Gasteiger partial charge is 0.129 e. The summed E-state index contributed by atoms with van der Waals surface area (Å²) in [7, 11) is 0. The lowest BCUT2D eigenvalue weighted by Gasteiger charge is -2.22. The molecule has 0 N–H and O–H groups in total. The first kappa shape index (κ1) is 14.5. The van der Waals surface area contributed by atoms with Crippen molar-refractivity contribution < 1.29 is 0 Å². The van der Waals surface area contributed by atoms with Crippen LogP contribution in [-0.4, -0.2) is 23.1 Å². The van der Waals surface area contributed by atoms with Crippen molar-refractivity contribution in [3.8, 4) is 0 Å². The summed E-state index contributed by atoms with van der Waals surface area (Å²) in [5.74, 6) is 2.80. The maximum atomic E-state index is 6.12. The fourth-order valence-corrected chi connectivity index (χ4v) is 4.65. The third-order valence-electron chi connectivity index (χ3n) is 5.77. The third kappa shape index (κ3) is 2.34. The van der Waals surface area contributed by atoms with E-state index in [9.17, 15) is 0 Å². The minimum atomic E-state index is 0.523. The Morgan fingerprint density at radius 3 is 2.08 bits per heavy atom. The highest BCUT2D eigenvalue weighted by atomic mass is 35.5. The molecule has 3 heterocycles. The Kier molecular flexibility index (Phi) is 3.37. The molecular weight excluding hydrogens is 318 g/mol. The SMILES string of the molecule is Clc1ccc2ccc3ccc(N4CC5CCCCC5C4)nc3c2n1. The Morgan fingerprint density at radius 1 is 0.792 bits per heavy atom. The molecule has 1 saturated heterocycles. The van der Waals surface area contributed by atoms with Crippen LogP contribution in [0, 0.1) is 11.8 Å². The largest absolute Gasteiger partial charge is 0.356 e. The van der Waals surface area contributed by atoms with E-state index in [0.717, 1.165) is 52.5 Å². The van der Waals surface area contributed by atoms with Gasteiger partial charge in [-0.3, -0.25) is 0 Å². The zero-order chi connectivity index (χ0) is 16.1. The number of benzene rings is 1. The van der Waals surface area contributed by atoms with Crippen LogP contribution in [0.1, 0.15) is 25.7 Å². The lowest BCUT2D eigenvalue weighted by atomic mass is 9.82. The predicted octanol–water partition coefficient (Wildman–Crippen LogP) is 5.06. The van der Waals surface area contributed by atoms with E-state index in [1.165, 1.54) is 25.7 Å². The van der Waals surface area contributed by atoms with Gasteiger partial charge in [0.15, 0.2) is 0 Å². The molecule has 2 unspecified atom stereocenters. The van der Waals surface area contributed by atoms with Crippen LogP contribution in [0.15, 0.2) is 36.4 Å². The highest BCUT2D eigenvalue weighted by Gasteiger charge is 2.34. The zero-order valence-corrected chi connectivity index (χ0v) is 14.3. The molecule has 1 aromatic carbocycles. The van der Waals surface area contributed by atoms with Crippen molar-refractivity contribution >= 4 is 39.2 Å². The summed E-state index contributed by atoms with van der Waals surface area (Å²) in [6.07, 6.45) is 5.56. The second-order valence-corrected chi connectivity index (χ2v) is 7.61. The number of nitrogens with zero attached hydrogens (tertiary/aromatic N) is 3. The summed E-state index contributed by atoms with van der Waals surface area (Å²) in [6.45, 7) is 2.31. The first-order valence-electron chi connectivity index (χ1n) is 8.89. The summed E-state index contributed by atoms with van der Waals surface area (Å²) in [5, 5.41) is 2.73. The van der Waals surface area contributed by atoms with E-state index in [1.54, 1.807) is 0 Å². The van der Waals surface area contributed by atoms with Gasteiger partial charge in [0.25, 0.3) is 0 Å². The minimum absolute atomic E-state index is 0.523. The van der Waals surface area contributed by atoms with E-state index < -0.39 is 0 Å². The number of halogens is 1. The van der Waals surface area contributed by atoms with Crippen LogP contribution in [0.25, 0.3) is 21.8 Å². The van der Waals surface area contributed by atoms with Crippen molar-refractivity contribution in [2.75, 3.05) is 18.0 Å². The lowest BCUT2D eigenvalue weighted by Crippen LogP contribution is -2.20. The first-order chi connectivity index (χ1) is 11.8. The molecule has 0 bridgehead atoms. The van der Waals surface area contributed by atoms with Gasteiger partial charge in [0, 0.05) is 23.9 Å². The fourth-order valence-electron chi connectivity index (χ4n) is 4.50. The topological polar surface area (TPSA) is 29.0 Å². The van der Waals surface area contributed by atoms with Crippen molar-refractivity contribution in [1.29, 1.82) is 0 Å². The molecule has 2 aromatic heterocycles. The van der Waals surface area contributed by atoms with Gasteiger partial charge in [0.05, 0.1) is 11.0 Å². The van der Waals surface area contributed by atoms with E-state index in [2.05, 4.69) is 34.1 Å².